The summed E-state index contributed by atoms with van der Waals surface area (Å²) >= 11 is 1.41. The van der Waals surface area contributed by atoms with E-state index < -0.39 is 0 Å². The third kappa shape index (κ3) is 11.7. The Morgan fingerprint density at radius 1 is 1.40 bits per heavy atom. The number of hydrogen-bond donors (Lipinski definition) is 1. The molecule has 0 aliphatic rings. The van der Waals surface area contributed by atoms with Crippen LogP contribution in [0.4, 0.5) is 0 Å². The van der Waals surface area contributed by atoms with Gasteiger partial charge in [0.05, 0.1) is 0 Å². The first-order chi connectivity index (χ1) is 7.16. The zero-order chi connectivity index (χ0) is 11.5. The minimum absolute atomic E-state index is 0.166. The molecular weight excluding hydrogens is 212 g/mol. The Kier molecular flexibility index (Phi) is 10.1. The molecule has 5 heteroatoms. The summed E-state index contributed by atoms with van der Waals surface area (Å²) in [7, 11) is 4.02. The van der Waals surface area contributed by atoms with Crippen LogP contribution in [0.15, 0.2) is 0 Å². The minimum atomic E-state index is -0.166. The Bertz CT molecular complexity index is 166. The zero-order valence-electron chi connectivity index (χ0n) is 9.91. The van der Waals surface area contributed by atoms with Gasteiger partial charge >= 0.3 is 5.97 Å². The molecule has 0 aromatic heterocycles. The Labute approximate surface area is 96.8 Å². The topological polar surface area (TPSA) is 41.6 Å². The molecule has 0 atom stereocenters. The highest BCUT2D eigenvalue weighted by molar-refractivity contribution is 7.97. The molecule has 0 bridgehead atoms. The maximum absolute atomic E-state index is 11.1. The fourth-order valence-corrected chi connectivity index (χ4v) is 1.61. The van der Waals surface area contributed by atoms with Crippen molar-refractivity contribution in [3.05, 3.63) is 0 Å². The Morgan fingerprint density at radius 3 is 2.73 bits per heavy atom. The second-order valence-corrected chi connectivity index (χ2v) is 4.53. The van der Waals surface area contributed by atoms with E-state index in [2.05, 4.69) is 16.7 Å². The van der Waals surface area contributed by atoms with Crippen molar-refractivity contribution in [2.45, 2.75) is 32.6 Å². The van der Waals surface area contributed by atoms with E-state index in [4.69, 9.17) is 4.84 Å². The molecule has 1 N–H and O–H groups in total. The van der Waals surface area contributed by atoms with Crippen molar-refractivity contribution in [3.63, 3.8) is 0 Å². The Balaban J connectivity index is 3.17. The second-order valence-electron chi connectivity index (χ2n) is 3.67. The van der Waals surface area contributed by atoms with Gasteiger partial charge in [0.2, 0.25) is 0 Å². The summed E-state index contributed by atoms with van der Waals surface area (Å²) in [6.45, 7) is 3.08. The van der Waals surface area contributed by atoms with Gasteiger partial charge in [0.15, 0.2) is 0 Å². The predicted octanol–water partition coefficient (Wildman–Crippen LogP) is 1.82. The number of unbranched alkanes of at least 4 members (excludes halogenated alkanes) is 2. The molecule has 0 radical (unpaired) electrons. The maximum atomic E-state index is 11.1. The van der Waals surface area contributed by atoms with Crippen LogP contribution >= 0.6 is 11.9 Å². The molecule has 15 heavy (non-hydrogen) atoms. The summed E-state index contributed by atoms with van der Waals surface area (Å²) in [5.74, 6) is 0.732. The summed E-state index contributed by atoms with van der Waals surface area (Å²) in [5, 5.41) is 0. The third-order valence-electron chi connectivity index (χ3n) is 1.84. The zero-order valence-corrected chi connectivity index (χ0v) is 10.7. The minimum Gasteiger partial charge on any atom is -0.360 e. The van der Waals surface area contributed by atoms with E-state index in [-0.39, 0.29) is 5.97 Å². The number of nitrogens with zero attached hydrogens (tertiary/aromatic N) is 1. The summed E-state index contributed by atoms with van der Waals surface area (Å²) in [5.41, 5.74) is 0. The fraction of sp³-hybridized carbons (Fsp3) is 0.900. The van der Waals surface area contributed by atoms with Gasteiger partial charge in [-0.3, -0.25) is 4.79 Å². The van der Waals surface area contributed by atoms with Crippen LogP contribution in [0.2, 0.25) is 0 Å². The van der Waals surface area contributed by atoms with Crippen molar-refractivity contribution >= 4 is 17.9 Å². The average Bonchev–Trinajstić information content (AvgIpc) is 2.17. The highest BCUT2D eigenvalue weighted by Gasteiger charge is 2.01. The fourth-order valence-electron chi connectivity index (χ4n) is 0.916. The van der Waals surface area contributed by atoms with Gasteiger partial charge < -0.3 is 9.74 Å². The first-order valence-corrected chi connectivity index (χ1v) is 6.36. The van der Waals surface area contributed by atoms with Gasteiger partial charge in [-0.2, -0.15) is 0 Å². The summed E-state index contributed by atoms with van der Waals surface area (Å²) in [6, 6.07) is 0. The lowest BCUT2D eigenvalue weighted by Crippen LogP contribution is -2.19. The van der Waals surface area contributed by atoms with Crippen LogP contribution in [-0.4, -0.2) is 37.3 Å². The lowest BCUT2D eigenvalue weighted by molar-refractivity contribution is -0.146. The van der Waals surface area contributed by atoms with Gasteiger partial charge in [-0.05, 0) is 32.5 Å². The molecule has 0 aliphatic heterocycles. The SMILES string of the molecule is CCCCCC(=O)ONSCCN(C)C. The van der Waals surface area contributed by atoms with Gasteiger partial charge in [-0.15, -0.1) is 0 Å². The first kappa shape index (κ1) is 14.7. The van der Waals surface area contributed by atoms with Crippen LogP contribution in [0.3, 0.4) is 0 Å². The average molecular weight is 234 g/mol. The van der Waals surface area contributed by atoms with E-state index in [1.165, 1.54) is 11.9 Å². The third-order valence-corrected chi connectivity index (χ3v) is 2.43. The molecule has 0 aliphatic carbocycles. The molecule has 0 saturated heterocycles. The predicted molar refractivity (Wildman–Crippen MR) is 64.4 cm³/mol. The molecule has 0 aromatic rings. The number of nitrogens with one attached hydrogen (secondary N) is 1. The molecule has 0 aromatic carbocycles. The molecule has 0 spiro atoms. The molecule has 0 saturated carbocycles. The molecule has 0 heterocycles. The highest BCUT2D eigenvalue weighted by atomic mass is 32.2. The molecule has 0 fully saturated rings. The van der Waals surface area contributed by atoms with Gasteiger partial charge in [-0.25, -0.2) is 0 Å². The van der Waals surface area contributed by atoms with Gasteiger partial charge in [0, 0.05) is 18.7 Å². The van der Waals surface area contributed by atoms with E-state index in [0.717, 1.165) is 31.6 Å². The molecule has 0 amide bonds. The first-order valence-electron chi connectivity index (χ1n) is 5.38. The van der Waals surface area contributed by atoms with E-state index in [1.807, 2.05) is 14.1 Å². The number of hydrogen-bond acceptors (Lipinski definition) is 5. The molecule has 90 valence electrons. The van der Waals surface area contributed by atoms with Crippen LogP contribution in [-0.2, 0) is 9.63 Å². The lowest BCUT2D eigenvalue weighted by Gasteiger charge is -2.08. The normalized spacial score (nSPS) is 10.7. The van der Waals surface area contributed by atoms with E-state index in [0.29, 0.717) is 6.42 Å². The van der Waals surface area contributed by atoms with E-state index in [1.54, 1.807) is 0 Å². The molecule has 0 rings (SSSR count). The van der Waals surface area contributed by atoms with Crippen molar-refractivity contribution in [1.82, 2.24) is 9.79 Å². The van der Waals surface area contributed by atoms with Gasteiger partial charge in [-0.1, -0.05) is 24.7 Å². The quantitative estimate of drug-likeness (QED) is 0.374. The van der Waals surface area contributed by atoms with Crippen LogP contribution in [0.1, 0.15) is 32.6 Å². The van der Waals surface area contributed by atoms with Crippen molar-refractivity contribution in [2.75, 3.05) is 26.4 Å². The van der Waals surface area contributed by atoms with Crippen LogP contribution in [0, 0.1) is 0 Å². The molecule has 4 nitrogen and oxygen atoms in total. The lowest BCUT2D eigenvalue weighted by atomic mass is 10.2. The molecular formula is C10H22N2O2S. The Morgan fingerprint density at radius 2 is 2.13 bits per heavy atom. The monoisotopic (exact) mass is 234 g/mol. The molecule has 0 unspecified atom stereocenters. The van der Waals surface area contributed by atoms with Crippen LogP contribution < -0.4 is 4.89 Å². The number of carbonyl (C=O) groups excluding carboxylic acids is 1. The van der Waals surface area contributed by atoms with Crippen molar-refractivity contribution in [1.29, 1.82) is 0 Å². The van der Waals surface area contributed by atoms with Crippen molar-refractivity contribution in [2.24, 2.45) is 0 Å². The van der Waals surface area contributed by atoms with Gasteiger partial charge in [0.1, 0.15) is 0 Å². The van der Waals surface area contributed by atoms with Crippen LogP contribution in [0.25, 0.3) is 0 Å². The largest absolute Gasteiger partial charge is 0.360 e. The van der Waals surface area contributed by atoms with E-state index in [9.17, 15) is 4.79 Å². The van der Waals surface area contributed by atoms with Gasteiger partial charge in [0.25, 0.3) is 0 Å². The smallest absolute Gasteiger partial charge is 0.325 e. The number of rotatable bonds is 9. The Hall–Kier alpha value is -0.260. The van der Waals surface area contributed by atoms with Crippen LogP contribution in [0.5, 0.6) is 0 Å². The number of carbonyl (C=O) groups is 1. The van der Waals surface area contributed by atoms with Crippen molar-refractivity contribution < 1.29 is 9.63 Å². The van der Waals surface area contributed by atoms with Crippen molar-refractivity contribution in [3.8, 4) is 0 Å². The highest BCUT2D eigenvalue weighted by Crippen LogP contribution is 2.01. The maximum Gasteiger partial charge on any atom is 0.325 e. The summed E-state index contributed by atoms with van der Waals surface area (Å²) in [4.78, 5) is 20.6. The standard InChI is InChI=1S/C10H22N2O2S/c1-4-5-6-7-10(13)14-11-15-9-8-12(2)3/h11H,4-9H2,1-3H3. The van der Waals surface area contributed by atoms with E-state index >= 15 is 0 Å². The summed E-state index contributed by atoms with van der Waals surface area (Å²) in [6.07, 6.45) is 3.63. The summed E-state index contributed by atoms with van der Waals surface area (Å²) < 4.78 is 0. The second kappa shape index (κ2) is 10.3.